The predicted molar refractivity (Wildman–Crippen MR) is 60.2 cm³/mol. The van der Waals surface area contributed by atoms with Gasteiger partial charge < -0.3 is 0 Å². The fraction of sp³-hybridized carbons (Fsp3) is 0. The van der Waals surface area contributed by atoms with Gasteiger partial charge in [-0.3, -0.25) is 0 Å². The lowest BCUT2D eigenvalue weighted by molar-refractivity contribution is 3.53. The van der Waals surface area contributed by atoms with Crippen molar-refractivity contribution in [1.82, 2.24) is 0 Å². The van der Waals surface area contributed by atoms with Crippen LogP contribution in [0.4, 0.5) is 0 Å². The highest BCUT2D eigenvalue weighted by Crippen LogP contribution is 2.10. The number of halogens is 2. The Morgan fingerprint density at radius 2 is 1.38 bits per heavy atom. The topological polar surface area (TPSA) is 0 Å². The summed E-state index contributed by atoms with van der Waals surface area (Å²) in [6, 6.07) is 0. The average molecular weight is 250 g/mol. The Morgan fingerprint density at radius 1 is 0.875 bits per heavy atom. The van der Waals surface area contributed by atoms with E-state index in [4.69, 9.17) is 22.2 Å². The van der Waals surface area contributed by atoms with Crippen LogP contribution in [0, 0.1) is 0 Å². The summed E-state index contributed by atoms with van der Waals surface area (Å²) < 4.78 is 0. The van der Waals surface area contributed by atoms with Crippen LogP contribution in [-0.4, -0.2) is 48.5 Å². The molecule has 0 atom stereocenters. The van der Waals surface area contributed by atoms with Gasteiger partial charge in [-0.25, -0.2) is 0 Å². The van der Waals surface area contributed by atoms with Crippen LogP contribution in [0.15, 0.2) is 0 Å². The Kier molecular flexibility index (Phi) is 3.32. The molecule has 1 aliphatic rings. The van der Waals surface area contributed by atoms with Gasteiger partial charge >= 0.3 is 0 Å². The van der Waals surface area contributed by atoms with E-state index in [9.17, 15) is 0 Å². The molecule has 0 aromatic heterocycles. The van der Waals surface area contributed by atoms with Crippen LogP contribution < -0.4 is 0 Å². The molecule has 0 unspecified atom stereocenters. The fourth-order valence-electron chi connectivity index (χ4n) is 1.07. The van der Waals surface area contributed by atoms with Gasteiger partial charge in [-0.05, 0) is 25.7 Å². The van der Waals surface area contributed by atoms with Crippen molar-refractivity contribution < 1.29 is 0 Å². The van der Waals surface area contributed by atoms with Crippen molar-refractivity contribution in [2.24, 2.45) is 0 Å². The quantitative estimate of drug-likeness (QED) is 0.308. The van der Waals surface area contributed by atoms with Crippen LogP contribution >= 0.6 is 22.2 Å². The molecule has 1 fully saturated rings. The number of hydrogen-bond acceptors (Lipinski definition) is 0. The van der Waals surface area contributed by atoms with Crippen molar-refractivity contribution in [3.8, 4) is 0 Å². The first-order valence-corrected chi connectivity index (χ1v) is 27.8. The standard InChI is InChI=1S/Cl2H10Si6/c1-8(2)6-4-3-5-7-8/h3-7H2. The summed E-state index contributed by atoms with van der Waals surface area (Å²) in [6.07, 6.45) is 0. The van der Waals surface area contributed by atoms with Gasteiger partial charge in [0.1, 0.15) is 0 Å². The molecule has 0 aromatic carbocycles. The number of hydrogen-bond donors (Lipinski definition) is 0. The molecule has 0 aliphatic carbocycles. The molecule has 0 radical (unpaired) electrons. The van der Waals surface area contributed by atoms with Crippen molar-refractivity contribution in [3.63, 3.8) is 0 Å². The lowest BCUT2D eigenvalue weighted by Crippen LogP contribution is -2.52. The molecule has 1 heterocycles. The Hall–Kier alpha value is 1.88. The van der Waals surface area contributed by atoms with E-state index in [0.717, 1.165) is 0 Å². The molecule has 8 heteroatoms. The second-order valence-corrected chi connectivity index (χ2v) is 65.2. The third kappa shape index (κ3) is 2.64. The predicted octanol–water partition coefficient (Wildman–Crippen LogP) is -3.58. The Bertz CT molecular complexity index is 70.6. The van der Waals surface area contributed by atoms with E-state index in [1.54, 1.807) is 0 Å². The van der Waals surface area contributed by atoms with E-state index in [-0.39, 0.29) is 0 Å². The molecule has 0 saturated carbocycles. The lowest BCUT2D eigenvalue weighted by Gasteiger charge is -2.18. The van der Waals surface area contributed by atoms with Crippen molar-refractivity contribution in [2.45, 2.75) is 0 Å². The molecule has 0 amide bonds. The van der Waals surface area contributed by atoms with Gasteiger partial charge in [0, 0.05) is 17.1 Å². The Balaban J connectivity index is 2.33. The molecule has 0 bridgehead atoms. The van der Waals surface area contributed by atoms with E-state index >= 15 is 0 Å². The van der Waals surface area contributed by atoms with Crippen LogP contribution in [0.2, 0.25) is 0 Å². The third-order valence-electron chi connectivity index (χ3n) is 1.59. The highest BCUT2D eigenvalue weighted by molar-refractivity contribution is 8.01. The molecule has 8 heavy (non-hydrogen) atoms. The Labute approximate surface area is 70.4 Å². The average Bonchev–Trinajstić information content (AvgIpc) is 1.65. The van der Waals surface area contributed by atoms with Crippen molar-refractivity contribution >= 4 is 70.7 Å². The summed E-state index contributed by atoms with van der Waals surface area (Å²) in [5, 5.41) is 0. The second-order valence-electron chi connectivity index (χ2n) is 2.42. The zero-order valence-corrected chi connectivity index (χ0v) is 14.4. The largest absolute Gasteiger partial charge is 0.207 e. The van der Waals surface area contributed by atoms with Gasteiger partial charge in [0.2, 0.25) is 5.73 Å². The second kappa shape index (κ2) is 3.32. The lowest BCUT2D eigenvalue weighted by atomic mass is 26.0. The maximum Gasteiger partial charge on any atom is 0.207 e. The summed E-state index contributed by atoms with van der Waals surface area (Å²) >= 11 is 12.4. The minimum Gasteiger partial charge on any atom is -0.156 e. The fourth-order valence-corrected chi connectivity index (χ4v) is 260. The summed E-state index contributed by atoms with van der Waals surface area (Å²) in [5.41, 5.74) is -1.21. The molecule has 0 aromatic rings. The molecule has 1 aliphatic heterocycles. The van der Waals surface area contributed by atoms with Gasteiger partial charge in [0.15, 0.2) is 0 Å². The normalized spacial score (nSPS) is 42.8. The first kappa shape index (κ1) is 7.98. The molecule has 1 rings (SSSR count). The van der Waals surface area contributed by atoms with Crippen LogP contribution in [0.25, 0.3) is 0 Å². The third-order valence-corrected chi connectivity index (χ3v) is 128. The Morgan fingerprint density at radius 3 is 1.62 bits per heavy atom. The molecular weight excluding hydrogens is 239 g/mol. The summed E-state index contributed by atoms with van der Waals surface area (Å²) in [5.74, 6) is 0. The monoisotopic (exact) mass is 248 g/mol. The van der Waals surface area contributed by atoms with Gasteiger partial charge in [0.05, 0.1) is 0 Å². The summed E-state index contributed by atoms with van der Waals surface area (Å²) in [4.78, 5) is 0. The highest BCUT2D eigenvalue weighted by atomic mass is 35.7. The maximum atomic E-state index is 6.19. The molecule has 0 N–H and O–H groups in total. The smallest absolute Gasteiger partial charge is 0.156 e. The molecule has 1 saturated heterocycles. The zero-order valence-electron chi connectivity index (χ0n) is 4.79. The van der Waals surface area contributed by atoms with E-state index in [2.05, 4.69) is 0 Å². The SMILES string of the molecule is Cl[Si]1(Cl)[SiH2][SiH2][SiH2][SiH2][SiH2]1. The van der Waals surface area contributed by atoms with Crippen molar-refractivity contribution in [2.75, 3.05) is 0 Å². The van der Waals surface area contributed by atoms with Gasteiger partial charge in [-0.15, -0.1) is 0 Å². The van der Waals surface area contributed by atoms with E-state index in [0.29, 0.717) is 42.8 Å². The van der Waals surface area contributed by atoms with Crippen molar-refractivity contribution in [3.05, 3.63) is 0 Å². The maximum absolute atomic E-state index is 6.19. The van der Waals surface area contributed by atoms with E-state index in [1.165, 1.54) is 0 Å². The van der Waals surface area contributed by atoms with Gasteiger partial charge in [-0.2, -0.15) is 22.2 Å². The highest BCUT2D eigenvalue weighted by Gasteiger charge is 2.30. The van der Waals surface area contributed by atoms with Crippen molar-refractivity contribution in [1.29, 1.82) is 0 Å². The molecule has 0 nitrogen and oxygen atoms in total. The molecule has 48 valence electrons. The number of rotatable bonds is 0. The van der Waals surface area contributed by atoms with Crippen LogP contribution in [0.1, 0.15) is 0 Å². The molecular formula is H10Cl2Si6. The first-order valence-electron chi connectivity index (χ1n) is 3.09. The van der Waals surface area contributed by atoms with Crippen LogP contribution in [0.3, 0.4) is 0 Å². The van der Waals surface area contributed by atoms with Gasteiger partial charge in [-0.1, -0.05) is 0 Å². The van der Waals surface area contributed by atoms with E-state index in [1.807, 2.05) is 0 Å². The first-order chi connectivity index (χ1) is 3.71. The summed E-state index contributed by atoms with van der Waals surface area (Å²) in [7, 11) is 2.47. The van der Waals surface area contributed by atoms with Gasteiger partial charge in [0.25, 0.3) is 0 Å². The molecule has 0 spiro atoms. The zero-order chi connectivity index (χ0) is 6.04. The summed E-state index contributed by atoms with van der Waals surface area (Å²) in [6.45, 7) is 0. The van der Waals surface area contributed by atoms with Crippen LogP contribution in [-0.2, 0) is 0 Å². The van der Waals surface area contributed by atoms with Crippen LogP contribution in [0.5, 0.6) is 0 Å². The minimum atomic E-state index is -1.21. The minimum absolute atomic E-state index is 0.303. The van der Waals surface area contributed by atoms with E-state index < -0.39 is 5.73 Å².